The number of piperidine rings is 1. The van der Waals surface area contributed by atoms with Gasteiger partial charge < -0.3 is 9.84 Å². The van der Waals surface area contributed by atoms with Gasteiger partial charge in [0.15, 0.2) is 0 Å². The monoisotopic (exact) mass is 337 g/mol. The molecule has 108 valence electrons. The van der Waals surface area contributed by atoms with Crippen molar-refractivity contribution in [2.45, 2.75) is 19.4 Å². The van der Waals surface area contributed by atoms with Gasteiger partial charge in [-0.05, 0) is 50.0 Å². The van der Waals surface area contributed by atoms with E-state index < -0.39 is 0 Å². The first-order valence-electron chi connectivity index (χ1n) is 6.91. The molecule has 0 amide bonds. The predicted molar refractivity (Wildman–Crippen MR) is 83.6 cm³/mol. The van der Waals surface area contributed by atoms with E-state index in [0.29, 0.717) is 19.1 Å². The number of aliphatic hydroxyl groups is 1. The van der Waals surface area contributed by atoms with E-state index in [1.54, 1.807) is 0 Å². The molecule has 0 saturated carbocycles. The van der Waals surface area contributed by atoms with Crippen LogP contribution in [0.2, 0.25) is 0 Å². The Hall–Kier alpha value is -1.02. The van der Waals surface area contributed by atoms with Crippen LogP contribution in [0, 0.1) is 18.3 Å². The van der Waals surface area contributed by atoms with E-state index in [1.807, 2.05) is 12.1 Å². The topological polar surface area (TPSA) is 32.7 Å². The lowest BCUT2D eigenvalue weighted by Crippen LogP contribution is -2.34. The number of halogens is 1. The summed E-state index contributed by atoms with van der Waals surface area (Å²) in [6, 6.07) is 6.01. The highest BCUT2D eigenvalue weighted by atomic mass is 79.9. The van der Waals surface area contributed by atoms with E-state index in [0.717, 1.165) is 48.3 Å². The van der Waals surface area contributed by atoms with E-state index in [-0.39, 0.29) is 0 Å². The minimum atomic E-state index is 0.293. The van der Waals surface area contributed by atoms with Gasteiger partial charge in [-0.3, -0.25) is 4.90 Å². The first-order valence-corrected chi connectivity index (χ1v) is 7.70. The van der Waals surface area contributed by atoms with Crippen LogP contribution in [0.5, 0.6) is 5.75 Å². The van der Waals surface area contributed by atoms with Crippen molar-refractivity contribution < 1.29 is 9.84 Å². The summed E-state index contributed by atoms with van der Waals surface area (Å²) in [5.74, 6) is 3.82. The van der Waals surface area contributed by atoms with Crippen molar-refractivity contribution >= 4 is 15.9 Å². The lowest BCUT2D eigenvalue weighted by Gasteiger charge is -2.31. The van der Waals surface area contributed by atoms with Crippen LogP contribution in [0.1, 0.15) is 18.4 Å². The van der Waals surface area contributed by atoms with Crippen LogP contribution in [-0.2, 0) is 6.54 Å². The number of benzene rings is 1. The molecule has 1 aliphatic heterocycles. The summed E-state index contributed by atoms with van der Waals surface area (Å²) in [4.78, 5) is 2.40. The first-order chi connectivity index (χ1) is 9.72. The van der Waals surface area contributed by atoms with E-state index in [2.05, 4.69) is 32.8 Å². The normalized spacial score (nSPS) is 16.9. The molecule has 0 radical (unpaired) electrons. The molecular formula is C16H20BrNO2. The highest BCUT2D eigenvalue weighted by Crippen LogP contribution is 2.26. The Morgan fingerprint density at radius 1 is 1.40 bits per heavy atom. The van der Waals surface area contributed by atoms with Gasteiger partial charge in [0.2, 0.25) is 0 Å². The Kier molecular flexibility index (Phi) is 5.90. The smallest absolute Gasteiger partial charge is 0.148 e. The SMILES string of the molecule is C#CCOc1ccc(Br)cc1CN1CCC(CO)CC1. The molecule has 1 saturated heterocycles. The van der Waals surface area contributed by atoms with Crippen LogP contribution in [0.15, 0.2) is 22.7 Å². The third kappa shape index (κ3) is 4.24. The molecule has 0 bridgehead atoms. The van der Waals surface area contributed by atoms with Crippen LogP contribution in [0.25, 0.3) is 0 Å². The van der Waals surface area contributed by atoms with E-state index in [1.165, 1.54) is 0 Å². The van der Waals surface area contributed by atoms with Crippen molar-refractivity contribution in [3.8, 4) is 18.1 Å². The summed E-state index contributed by atoms with van der Waals surface area (Å²) < 4.78 is 6.65. The maximum atomic E-state index is 9.18. The molecule has 0 spiro atoms. The molecule has 1 aromatic rings. The highest BCUT2D eigenvalue weighted by Gasteiger charge is 2.19. The Balaban J connectivity index is 2.01. The molecule has 1 aliphatic rings. The number of likely N-dealkylation sites (tertiary alicyclic amines) is 1. The molecule has 0 aromatic heterocycles. The number of aliphatic hydroxyl groups excluding tert-OH is 1. The number of ether oxygens (including phenoxy) is 1. The molecule has 0 aliphatic carbocycles. The average molecular weight is 338 g/mol. The van der Waals surface area contributed by atoms with E-state index in [9.17, 15) is 5.11 Å². The zero-order valence-electron chi connectivity index (χ0n) is 11.5. The second-order valence-electron chi connectivity index (χ2n) is 5.15. The minimum Gasteiger partial charge on any atom is -0.481 e. The Morgan fingerprint density at radius 2 is 2.15 bits per heavy atom. The molecule has 3 nitrogen and oxygen atoms in total. The molecule has 0 unspecified atom stereocenters. The van der Waals surface area contributed by atoms with E-state index >= 15 is 0 Å². The van der Waals surface area contributed by atoms with E-state index in [4.69, 9.17) is 11.2 Å². The van der Waals surface area contributed by atoms with Gasteiger partial charge in [-0.2, -0.15) is 0 Å². The number of hydrogen-bond donors (Lipinski definition) is 1. The van der Waals surface area contributed by atoms with Crippen molar-refractivity contribution in [3.63, 3.8) is 0 Å². The zero-order chi connectivity index (χ0) is 14.4. The van der Waals surface area contributed by atoms with Crippen molar-refractivity contribution in [1.29, 1.82) is 0 Å². The predicted octanol–water partition coefficient (Wildman–Crippen LogP) is 2.67. The second-order valence-corrected chi connectivity index (χ2v) is 6.06. The summed E-state index contributed by atoms with van der Waals surface area (Å²) in [5, 5.41) is 9.18. The van der Waals surface area contributed by atoms with Gasteiger partial charge in [0.25, 0.3) is 0 Å². The van der Waals surface area contributed by atoms with Gasteiger partial charge in [0.1, 0.15) is 12.4 Å². The largest absolute Gasteiger partial charge is 0.481 e. The van der Waals surface area contributed by atoms with Crippen LogP contribution in [-0.4, -0.2) is 36.3 Å². The number of hydrogen-bond acceptors (Lipinski definition) is 3. The Morgan fingerprint density at radius 3 is 2.80 bits per heavy atom. The van der Waals surface area contributed by atoms with Gasteiger partial charge in [-0.15, -0.1) is 6.42 Å². The van der Waals surface area contributed by atoms with Crippen molar-refractivity contribution in [3.05, 3.63) is 28.2 Å². The first kappa shape index (κ1) is 15.4. The van der Waals surface area contributed by atoms with Crippen molar-refractivity contribution in [2.24, 2.45) is 5.92 Å². The van der Waals surface area contributed by atoms with Gasteiger partial charge in [0.05, 0.1) is 0 Å². The lowest BCUT2D eigenvalue weighted by molar-refractivity contribution is 0.126. The van der Waals surface area contributed by atoms with Crippen LogP contribution < -0.4 is 4.74 Å². The molecule has 4 heteroatoms. The second kappa shape index (κ2) is 7.68. The standard InChI is InChI=1S/C16H20BrNO2/c1-2-9-20-16-4-3-15(17)10-14(16)11-18-7-5-13(12-19)6-8-18/h1,3-4,10,13,19H,5-9,11-12H2. The molecule has 20 heavy (non-hydrogen) atoms. The van der Waals surface area contributed by atoms with Gasteiger partial charge in [-0.25, -0.2) is 0 Å². The third-order valence-corrected chi connectivity index (χ3v) is 4.19. The van der Waals surface area contributed by atoms with Gasteiger partial charge in [-0.1, -0.05) is 21.9 Å². The molecular weight excluding hydrogens is 318 g/mol. The summed E-state index contributed by atoms with van der Waals surface area (Å²) >= 11 is 3.50. The quantitative estimate of drug-likeness (QED) is 0.838. The zero-order valence-corrected chi connectivity index (χ0v) is 13.1. The Labute approximate surface area is 129 Å². The molecule has 1 heterocycles. The summed E-state index contributed by atoms with van der Waals surface area (Å²) in [6.07, 6.45) is 7.37. The summed E-state index contributed by atoms with van der Waals surface area (Å²) in [5.41, 5.74) is 1.15. The van der Waals surface area contributed by atoms with Crippen LogP contribution >= 0.6 is 15.9 Å². The fraction of sp³-hybridized carbons (Fsp3) is 0.500. The number of rotatable bonds is 5. The van der Waals surface area contributed by atoms with Gasteiger partial charge >= 0.3 is 0 Å². The number of terminal acetylenes is 1. The Bertz CT molecular complexity index is 476. The fourth-order valence-electron chi connectivity index (χ4n) is 2.50. The van der Waals surface area contributed by atoms with Crippen LogP contribution in [0.3, 0.4) is 0 Å². The summed E-state index contributed by atoms with van der Waals surface area (Å²) in [7, 11) is 0. The third-order valence-electron chi connectivity index (χ3n) is 3.69. The highest BCUT2D eigenvalue weighted by molar-refractivity contribution is 9.10. The van der Waals surface area contributed by atoms with Crippen molar-refractivity contribution in [2.75, 3.05) is 26.3 Å². The lowest BCUT2D eigenvalue weighted by atomic mass is 9.97. The van der Waals surface area contributed by atoms with Crippen molar-refractivity contribution in [1.82, 2.24) is 4.90 Å². The summed E-state index contributed by atoms with van der Waals surface area (Å²) in [6.45, 7) is 3.50. The molecule has 2 rings (SSSR count). The molecule has 1 aromatic carbocycles. The van der Waals surface area contributed by atoms with Gasteiger partial charge in [0, 0.05) is 23.2 Å². The average Bonchev–Trinajstić information content (AvgIpc) is 2.47. The fourth-order valence-corrected chi connectivity index (χ4v) is 2.91. The molecule has 0 atom stereocenters. The minimum absolute atomic E-state index is 0.293. The van der Waals surface area contributed by atoms with Crippen LogP contribution in [0.4, 0.5) is 0 Å². The maximum absolute atomic E-state index is 9.18. The number of nitrogens with zero attached hydrogens (tertiary/aromatic N) is 1. The maximum Gasteiger partial charge on any atom is 0.148 e. The molecule has 1 N–H and O–H groups in total. The molecule has 1 fully saturated rings.